The summed E-state index contributed by atoms with van der Waals surface area (Å²) in [6.45, 7) is 2.13. The van der Waals surface area contributed by atoms with Crippen molar-refractivity contribution in [3.63, 3.8) is 0 Å². The van der Waals surface area contributed by atoms with Gasteiger partial charge in [-0.2, -0.15) is 0 Å². The average Bonchev–Trinajstić information content (AvgIpc) is 2.57. The van der Waals surface area contributed by atoms with E-state index in [0.29, 0.717) is 0 Å². The summed E-state index contributed by atoms with van der Waals surface area (Å²) in [5.41, 5.74) is 2.97. The molecule has 0 amide bonds. The van der Waals surface area contributed by atoms with Crippen LogP contribution >= 0.6 is 0 Å². The Kier molecular flexibility index (Phi) is 2.98. The number of phenols is 2. The van der Waals surface area contributed by atoms with E-state index in [9.17, 15) is 10.2 Å². The molecule has 4 aromatic rings. The van der Waals surface area contributed by atoms with Crippen molar-refractivity contribution in [2.24, 2.45) is 0 Å². The molecule has 0 aliphatic heterocycles. The SMILES string of the molecule is Cc1c2ccccc2c(-c2ccc(O)cc2O)c2ccccc12. The molecule has 0 bridgehead atoms. The quantitative estimate of drug-likeness (QED) is 0.463. The van der Waals surface area contributed by atoms with Gasteiger partial charge in [0.15, 0.2) is 0 Å². The summed E-state index contributed by atoms with van der Waals surface area (Å²) in [4.78, 5) is 0. The lowest BCUT2D eigenvalue weighted by Crippen LogP contribution is -1.89. The second kappa shape index (κ2) is 5.03. The monoisotopic (exact) mass is 300 g/mol. The minimum Gasteiger partial charge on any atom is -0.508 e. The number of hydrogen-bond donors (Lipinski definition) is 2. The molecular weight excluding hydrogens is 284 g/mol. The van der Waals surface area contributed by atoms with Gasteiger partial charge in [-0.1, -0.05) is 48.5 Å². The molecule has 4 rings (SSSR count). The lowest BCUT2D eigenvalue weighted by molar-refractivity contribution is 0.452. The molecule has 0 heterocycles. The van der Waals surface area contributed by atoms with Gasteiger partial charge >= 0.3 is 0 Å². The molecule has 0 fully saturated rings. The highest BCUT2D eigenvalue weighted by atomic mass is 16.3. The van der Waals surface area contributed by atoms with Crippen molar-refractivity contribution in [3.05, 3.63) is 72.3 Å². The van der Waals surface area contributed by atoms with Crippen LogP contribution in [0.1, 0.15) is 5.56 Å². The molecule has 0 aliphatic rings. The highest BCUT2D eigenvalue weighted by molar-refractivity contribution is 6.15. The van der Waals surface area contributed by atoms with Gasteiger partial charge < -0.3 is 10.2 Å². The Morgan fingerprint density at radius 2 is 1.17 bits per heavy atom. The van der Waals surface area contributed by atoms with Crippen LogP contribution in [0.15, 0.2) is 66.7 Å². The maximum absolute atomic E-state index is 10.4. The van der Waals surface area contributed by atoms with Gasteiger partial charge in [-0.25, -0.2) is 0 Å². The Hall–Kier alpha value is -3.00. The molecule has 2 heteroatoms. The largest absolute Gasteiger partial charge is 0.508 e. The molecule has 2 nitrogen and oxygen atoms in total. The van der Waals surface area contributed by atoms with E-state index < -0.39 is 0 Å². The fraction of sp³-hybridized carbons (Fsp3) is 0.0476. The second-order valence-corrected chi connectivity index (χ2v) is 5.79. The Morgan fingerprint density at radius 3 is 1.70 bits per heavy atom. The number of phenolic OH excluding ortho intramolecular Hbond substituents is 2. The van der Waals surface area contributed by atoms with Gasteiger partial charge in [0.25, 0.3) is 0 Å². The van der Waals surface area contributed by atoms with Gasteiger partial charge in [0.05, 0.1) is 0 Å². The van der Waals surface area contributed by atoms with Crippen molar-refractivity contribution >= 4 is 21.5 Å². The lowest BCUT2D eigenvalue weighted by Gasteiger charge is -2.16. The molecule has 112 valence electrons. The van der Waals surface area contributed by atoms with Gasteiger partial charge in [0, 0.05) is 17.2 Å². The van der Waals surface area contributed by atoms with E-state index in [1.54, 1.807) is 12.1 Å². The lowest BCUT2D eigenvalue weighted by atomic mass is 9.88. The van der Waals surface area contributed by atoms with Crippen LogP contribution in [0.5, 0.6) is 11.5 Å². The number of hydrogen-bond acceptors (Lipinski definition) is 2. The van der Waals surface area contributed by atoms with Crippen LogP contribution in [-0.4, -0.2) is 10.2 Å². The molecule has 23 heavy (non-hydrogen) atoms. The third-order valence-corrected chi connectivity index (χ3v) is 4.45. The molecule has 0 saturated heterocycles. The molecule has 0 atom stereocenters. The van der Waals surface area contributed by atoms with Crippen molar-refractivity contribution in [2.75, 3.05) is 0 Å². The number of aromatic hydroxyl groups is 2. The zero-order valence-electron chi connectivity index (χ0n) is 12.7. The average molecular weight is 300 g/mol. The predicted molar refractivity (Wildman–Crippen MR) is 95.0 cm³/mol. The second-order valence-electron chi connectivity index (χ2n) is 5.79. The Labute approximate surface area is 134 Å². The summed E-state index contributed by atoms with van der Waals surface area (Å²) in [5.74, 6) is 0.149. The first-order chi connectivity index (χ1) is 11.2. The van der Waals surface area contributed by atoms with Crippen LogP contribution in [0, 0.1) is 6.92 Å². The molecule has 2 N–H and O–H groups in total. The van der Waals surface area contributed by atoms with E-state index in [2.05, 4.69) is 31.2 Å². The molecule has 0 aromatic heterocycles. The van der Waals surface area contributed by atoms with Crippen molar-refractivity contribution < 1.29 is 10.2 Å². The van der Waals surface area contributed by atoms with Gasteiger partial charge in [-0.15, -0.1) is 0 Å². The van der Waals surface area contributed by atoms with Gasteiger partial charge in [-0.05, 0) is 46.2 Å². The van der Waals surface area contributed by atoms with E-state index >= 15 is 0 Å². The zero-order valence-corrected chi connectivity index (χ0v) is 12.7. The van der Waals surface area contributed by atoms with Gasteiger partial charge in [0.2, 0.25) is 0 Å². The van der Waals surface area contributed by atoms with Crippen LogP contribution in [-0.2, 0) is 0 Å². The summed E-state index contributed by atoms with van der Waals surface area (Å²) in [6, 6.07) is 21.2. The van der Waals surface area contributed by atoms with Crippen molar-refractivity contribution in [1.82, 2.24) is 0 Å². The van der Waals surface area contributed by atoms with Crippen LogP contribution in [0.3, 0.4) is 0 Å². The van der Waals surface area contributed by atoms with Crippen molar-refractivity contribution in [2.45, 2.75) is 6.92 Å². The molecule has 0 unspecified atom stereocenters. The first kappa shape index (κ1) is 13.6. The van der Waals surface area contributed by atoms with E-state index in [0.717, 1.165) is 21.9 Å². The smallest absolute Gasteiger partial charge is 0.127 e. The maximum Gasteiger partial charge on any atom is 0.127 e. The minimum atomic E-state index is 0.0620. The van der Waals surface area contributed by atoms with Gasteiger partial charge in [0.1, 0.15) is 11.5 Å². The van der Waals surface area contributed by atoms with Crippen LogP contribution in [0.25, 0.3) is 32.7 Å². The molecule has 4 aromatic carbocycles. The Bertz CT molecular complexity index is 991. The topological polar surface area (TPSA) is 40.5 Å². The third kappa shape index (κ3) is 2.03. The fourth-order valence-electron chi connectivity index (χ4n) is 3.37. The summed E-state index contributed by atoms with van der Waals surface area (Å²) in [5, 5.41) is 24.5. The number of fused-ring (bicyclic) bond motifs is 2. The van der Waals surface area contributed by atoms with Crippen LogP contribution in [0.4, 0.5) is 0 Å². The normalized spacial score (nSPS) is 11.2. The molecule has 0 radical (unpaired) electrons. The number of aryl methyl sites for hydroxylation is 1. The maximum atomic E-state index is 10.4. The first-order valence-electron chi connectivity index (χ1n) is 7.59. The summed E-state index contributed by atoms with van der Waals surface area (Å²) >= 11 is 0. The van der Waals surface area contributed by atoms with Crippen LogP contribution < -0.4 is 0 Å². The minimum absolute atomic E-state index is 0.0620. The van der Waals surface area contributed by atoms with Crippen molar-refractivity contribution in [1.29, 1.82) is 0 Å². The van der Waals surface area contributed by atoms with E-state index in [4.69, 9.17) is 0 Å². The number of benzene rings is 4. The van der Waals surface area contributed by atoms with Crippen LogP contribution in [0.2, 0.25) is 0 Å². The van der Waals surface area contributed by atoms with E-state index in [1.165, 1.54) is 22.4 Å². The molecular formula is C21H16O2. The zero-order chi connectivity index (χ0) is 16.0. The molecule has 0 saturated carbocycles. The highest BCUT2D eigenvalue weighted by Crippen LogP contribution is 2.42. The standard InChI is InChI=1S/C21H16O2/c1-13-15-6-2-4-8-17(15)21(18-9-5-3-7-16(13)18)19-11-10-14(22)12-20(19)23/h2-12,22-23H,1H3. The third-order valence-electron chi connectivity index (χ3n) is 4.45. The number of rotatable bonds is 1. The summed E-state index contributed by atoms with van der Waals surface area (Å²) in [6.07, 6.45) is 0. The van der Waals surface area contributed by atoms with E-state index in [-0.39, 0.29) is 11.5 Å². The molecule has 0 spiro atoms. The predicted octanol–water partition coefficient (Wildman–Crippen LogP) is 5.38. The fourth-order valence-corrected chi connectivity index (χ4v) is 3.37. The van der Waals surface area contributed by atoms with Crippen molar-refractivity contribution in [3.8, 4) is 22.6 Å². The van der Waals surface area contributed by atoms with E-state index in [1.807, 2.05) is 24.3 Å². The summed E-state index contributed by atoms with van der Waals surface area (Å²) in [7, 11) is 0. The van der Waals surface area contributed by atoms with Gasteiger partial charge in [-0.3, -0.25) is 0 Å². The summed E-state index contributed by atoms with van der Waals surface area (Å²) < 4.78 is 0. The highest BCUT2D eigenvalue weighted by Gasteiger charge is 2.15. The Balaban J connectivity index is 2.25. The Morgan fingerprint density at radius 1 is 0.652 bits per heavy atom. The first-order valence-corrected chi connectivity index (χ1v) is 7.59. The molecule has 0 aliphatic carbocycles.